The highest BCUT2D eigenvalue weighted by molar-refractivity contribution is 5.92. The van der Waals surface area contributed by atoms with E-state index in [1.54, 1.807) is 18.2 Å². The zero-order valence-electron chi connectivity index (χ0n) is 15.6. The molecule has 0 heterocycles. The smallest absolute Gasteiger partial charge is 0.238 e. The third-order valence-electron chi connectivity index (χ3n) is 3.63. The molecule has 5 nitrogen and oxygen atoms in total. The van der Waals surface area contributed by atoms with E-state index in [0.717, 1.165) is 23.3 Å². The number of nitrogens with one attached hydrogen (secondary N) is 2. The molecule has 0 aromatic heterocycles. The van der Waals surface area contributed by atoms with Gasteiger partial charge in [-0.2, -0.15) is 0 Å². The largest absolute Gasteiger partial charge is 0.493 e. The highest BCUT2D eigenvalue weighted by Crippen LogP contribution is 2.28. The first-order valence-corrected chi connectivity index (χ1v) is 8.40. The van der Waals surface area contributed by atoms with E-state index >= 15 is 0 Å². The van der Waals surface area contributed by atoms with E-state index in [-0.39, 0.29) is 6.54 Å². The highest BCUT2D eigenvalue weighted by atomic mass is 19.2. The fourth-order valence-corrected chi connectivity index (χ4v) is 2.28. The van der Waals surface area contributed by atoms with Crippen LogP contribution in [0.5, 0.6) is 11.5 Å². The van der Waals surface area contributed by atoms with E-state index in [1.165, 1.54) is 7.11 Å². The van der Waals surface area contributed by atoms with Crippen molar-refractivity contribution in [3.63, 3.8) is 0 Å². The number of benzene rings is 2. The van der Waals surface area contributed by atoms with E-state index in [2.05, 4.69) is 17.2 Å². The summed E-state index contributed by atoms with van der Waals surface area (Å²) in [5.74, 6) is -3.89. The van der Waals surface area contributed by atoms with Crippen molar-refractivity contribution in [3.8, 4) is 11.5 Å². The topological polar surface area (TPSA) is 59.6 Å². The maximum atomic E-state index is 13.6. The van der Waals surface area contributed by atoms with Crippen molar-refractivity contribution in [2.75, 3.05) is 25.6 Å². The van der Waals surface area contributed by atoms with Gasteiger partial charge in [0, 0.05) is 6.54 Å². The van der Waals surface area contributed by atoms with Crippen molar-refractivity contribution in [1.29, 1.82) is 0 Å². The van der Waals surface area contributed by atoms with Crippen LogP contribution in [0.15, 0.2) is 42.5 Å². The lowest BCUT2D eigenvalue weighted by molar-refractivity contribution is -0.115. The Morgan fingerprint density at radius 2 is 1.86 bits per heavy atom. The van der Waals surface area contributed by atoms with Crippen LogP contribution in [0.3, 0.4) is 0 Å². The minimum absolute atomic E-state index is 0.160. The van der Waals surface area contributed by atoms with Crippen LogP contribution in [0, 0.1) is 17.5 Å². The number of hydrogen-bond donors (Lipinski definition) is 2. The normalized spacial score (nSPS) is 10.5. The third kappa shape index (κ3) is 5.75. The first-order valence-electron chi connectivity index (χ1n) is 8.40. The average Bonchev–Trinajstić information content (AvgIpc) is 2.67. The maximum absolute atomic E-state index is 13.6. The Morgan fingerprint density at radius 1 is 1.11 bits per heavy atom. The van der Waals surface area contributed by atoms with Gasteiger partial charge in [-0.05, 0) is 42.3 Å². The summed E-state index contributed by atoms with van der Waals surface area (Å²) in [6.45, 7) is 6.12. The molecule has 0 unspecified atom stereocenters. The first-order chi connectivity index (χ1) is 13.3. The molecule has 2 rings (SSSR count). The Morgan fingerprint density at radius 3 is 2.54 bits per heavy atom. The van der Waals surface area contributed by atoms with Gasteiger partial charge in [0.2, 0.25) is 5.91 Å². The van der Waals surface area contributed by atoms with E-state index in [9.17, 15) is 18.0 Å². The predicted octanol–water partition coefficient (Wildman–Crippen LogP) is 3.80. The number of halogens is 3. The molecule has 2 N–H and O–H groups in total. The molecular formula is C20H21F3N2O3. The van der Waals surface area contributed by atoms with Crippen molar-refractivity contribution < 1.29 is 27.4 Å². The molecule has 0 aliphatic rings. The zero-order valence-corrected chi connectivity index (χ0v) is 15.6. The van der Waals surface area contributed by atoms with Crippen LogP contribution in [0.2, 0.25) is 0 Å². The highest BCUT2D eigenvalue weighted by Gasteiger charge is 2.15. The van der Waals surface area contributed by atoms with Crippen molar-refractivity contribution in [2.24, 2.45) is 0 Å². The molecule has 150 valence electrons. The van der Waals surface area contributed by atoms with Crippen LogP contribution >= 0.6 is 0 Å². The van der Waals surface area contributed by atoms with Crippen LogP contribution < -0.4 is 20.1 Å². The van der Waals surface area contributed by atoms with Gasteiger partial charge in [-0.25, -0.2) is 13.2 Å². The second kappa shape index (κ2) is 9.80. The Labute approximate surface area is 161 Å². The van der Waals surface area contributed by atoms with Crippen molar-refractivity contribution in [2.45, 2.75) is 13.5 Å². The van der Waals surface area contributed by atoms with E-state index < -0.39 is 29.0 Å². The van der Waals surface area contributed by atoms with Gasteiger partial charge in [-0.15, -0.1) is 0 Å². The number of ether oxygens (including phenoxy) is 2. The number of anilines is 1. The Bertz CT molecular complexity index is 872. The zero-order chi connectivity index (χ0) is 20.7. The van der Waals surface area contributed by atoms with Crippen LogP contribution in [-0.2, 0) is 11.3 Å². The maximum Gasteiger partial charge on any atom is 0.238 e. The summed E-state index contributed by atoms with van der Waals surface area (Å²) in [4.78, 5) is 11.9. The SMILES string of the molecule is C=C(C)COc1cc(CNCC(=O)Nc2ccc(F)c(F)c2F)ccc1OC. The molecule has 2 aromatic carbocycles. The average molecular weight is 394 g/mol. The molecule has 0 spiro atoms. The lowest BCUT2D eigenvalue weighted by Gasteiger charge is -2.13. The van der Waals surface area contributed by atoms with Gasteiger partial charge in [0.1, 0.15) is 6.61 Å². The minimum atomic E-state index is -1.63. The van der Waals surface area contributed by atoms with E-state index in [0.29, 0.717) is 24.7 Å². The van der Waals surface area contributed by atoms with E-state index in [1.807, 2.05) is 6.92 Å². The van der Waals surface area contributed by atoms with Gasteiger partial charge < -0.3 is 20.1 Å². The van der Waals surface area contributed by atoms with Crippen molar-refractivity contribution >= 4 is 11.6 Å². The summed E-state index contributed by atoms with van der Waals surface area (Å²) in [6, 6.07) is 7.00. The summed E-state index contributed by atoms with van der Waals surface area (Å²) in [6.07, 6.45) is 0. The molecule has 0 aliphatic carbocycles. The van der Waals surface area contributed by atoms with Crippen LogP contribution in [0.1, 0.15) is 12.5 Å². The summed E-state index contributed by atoms with van der Waals surface area (Å²) in [5, 5.41) is 5.07. The molecule has 0 saturated carbocycles. The van der Waals surface area contributed by atoms with Crippen LogP contribution in [0.25, 0.3) is 0 Å². The van der Waals surface area contributed by atoms with Gasteiger partial charge >= 0.3 is 0 Å². The molecule has 0 saturated heterocycles. The third-order valence-corrected chi connectivity index (χ3v) is 3.63. The van der Waals surface area contributed by atoms with Crippen LogP contribution in [0.4, 0.5) is 18.9 Å². The lowest BCUT2D eigenvalue weighted by Crippen LogP contribution is -2.28. The molecule has 0 fully saturated rings. The van der Waals surface area contributed by atoms with Gasteiger partial charge in [-0.3, -0.25) is 4.79 Å². The van der Waals surface area contributed by atoms with Gasteiger partial charge in [-0.1, -0.05) is 12.6 Å². The minimum Gasteiger partial charge on any atom is -0.493 e. The summed E-state index contributed by atoms with van der Waals surface area (Å²) in [7, 11) is 1.53. The Hall–Kier alpha value is -3.00. The standard InChI is InChI=1S/C20H21F3N2O3/c1-12(2)11-28-17-8-13(4-7-16(17)27-3)9-24-10-18(26)25-15-6-5-14(21)19(22)20(15)23/h4-8,24H,1,9-11H2,2-3H3,(H,25,26). The summed E-state index contributed by atoms with van der Waals surface area (Å²) < 4.78 is 50.5. The van der Waals surface area contributed by atoms with Gasteiger partial charge in [0.15, 0.2) is 29.0 Å². The molecule has 8 heteroatoms. The Balaban J connectivity index is 1.92. The quantitative estimate of drug-likeness (QED) is 0.502. The predicted molar refractivity (Wildman–Crippen MR) is 100.0 cm³/mol. The molecule has 1 amide bonds. The fraction of sp³-hybridized carbons (Fsp3) is 0.250. The van der Waals surface area contributed by atoms with E-state index in [4.69, 9.17) is 9.47 Å². The Kier molecular flexibility index (Phi) is 7.45. The first kappa shape index (κ1) is 21.3. The van der Waals surface area contributed by atoms with Crippen molar-refractivity contribution in [3.05, 3.63) is 65.5 Å². The number of methoxy groups -OCH3 is 1. The molecular weight excluding hydrogens is 373 g/mol. The molecule has 0 aliphatic heterocycles. The summed E-state index contributed by atoms with van der Waals surface area (Å²) in [5.41, 5.74) is 1.25. The van der Waals surface area contributed by atoms with Gasteiger partial charge in [0.25, 0.3) is 0 Å². The van der Waals surface area contributed by atoms with Crippen LogP contribution in [-0.4, -0.2) is 26.2 Å². The molecule has 28 heavy (non-hydrogen) atoms. The fourth-order valence-electron chi connectivity index (χ4n) is 2.28. The second-order valence-corrected chi connectivity index (χ2v) is 6.11. The molecule has 0 bridgehead atoms. The monoisotopic (exact) mass is 394 g/mol. The number of carbonyl (C=O) groups excluding carboxylic acids is 1. The molecule has 2 aromatic rings. The second-order valence-electron chi connectivity index (χ2n) is 6.11. The lowest BCUT2D eigenvalue weighted by atomic mass is 10.2. The molecule has 0 radical (unpaired) electrons. The number of amides is 1. The van der Waals surface area contributed by atoms with Crippen molar-refractivity contribution in [1.82, 2.24) is 5.32 Å². The number of rotatable bonds is 9. The number of carbonyl (C=O) groups is 1. The van der Waals surface area contributed by atoms with Gasteiger partial charge in [0.05, 0.1) is 19.3 Å². The summed E-state index contributed by atoms with van der Waals surface area (Å²) >= 11 is 0. The number of hydrogen-bond acceptors (Lipinski definition) is 4. The molecule has 0 atom stereocenters.